The molecule has 120 valence electrons. The molecule has 1 atom stereocenters. The number of hydrogen-bond donors (Lipinski definition) is 3. The van der Waals surface area contributed by atoms with Gasteiger partial charge in [-0.2, -0.15) is 0 Å². The molecule has 2 aromatic carbocycles. The Labute approximate surface area is 136 Å². The second-order valence-corrected chi connectivity index (χ2v) is 5.32. The van der Waals surface area contributed by atoms with Crippen LogP contribution >= 0.6 is 0 Å². The third-order valence-electron chi connectivity index (χ3n) is 3.31. The first-order valence-electron chi connectivity index (χ1n) is 7.50. The van der Waals surface area contributed by atoms with E-state index in [2.05, 4.69) is 16.0 Å². The number of anilines is 2. The summed E-state index contributed by atoms with van der Waals surface area (Å²) in [6.45, 7) is 3.57. The van der Waals surface area contributed by atoms with Crippen molar-refractivity contribution in [1.29, 1.82) is 0 Å². The summed E-state index contributed by atoms with van der Waals surface area (Å²) in [5.74, 6) is -0.220. The maximum atomic E-state index is 12.0. The molecule has 2 aromatic rings. The van der Waals surface area contributed by atoms with E-state index < -0.39 is 0 Å². The molecule has 0 saturated carbocycles. The Morgan fingerprint density at radius 3 is 2.39 bits per heavy atom. The molecule has 3 N–H and O–H groups in total. The van der Waals surface area contributed by atoms with Gasteiger partial charge in [0.15, 0.2) is 0 Å². The number of amides is 2. The molecule has 0 fully saturated rings. The van der Waals surface area contributed by atoms with Crippen molar-refractivity contribution in [3.05, 3.63) is 60.2 Å². The monoisotopic (exact) mass is 311 g/mol. The number of nitrogens with one attached hydrogen (secondary N) is 3. The van der Waals surface area contributed by atoms with Gasteiger partial charge in [0, 0.05) is 18.3 Å². The quantitative estimate of drug-likeness (QED) is 0.768. The number of hydrogen-bond acceptors (Lipinski definition) is 3. The van der Waals surface area contributed by atoms with Crippen molar-refractivity contribution < 1.29 is 9.59 Å². The minimum absolute atomic E-state index is 0.0452. The molecule has 5 heteroatoms. The average molecular weight is 311 g/mol. The first kappa shape index (κ1) is 16.5. The van der Waals surface area contributed by atoms with Crippen LogP contribution < -0.4 is 16.0 Å². The predicted molar refractivity (Wildman–Crippen MR) is 92.2 cm³/mol. The van der Waals surface area contributed by atoms with Gasteiger partial charge >= 0.3 is 0 Å². The lowest BCUT2D eigenvalue weighted by Crippen LogP contribution is -2.32. The Morgan fingerprint density at radius 2 is 1.70 bits per heavy atom. The minimum Gasteiger partial charge on any atom is -0.376 e. The fraction of sp³-hybridized carbons (Fsp3) is 0.222. The van der Waals surface area contributed by atoms with Gasteiger partial charge in [0.1, 0.15) is 0 Å². The molecule has 23 heavy (non-hydrogen) atoms. The summed E-state index contributed by atoms with van der Waals surface area (Å²) in [6.07, 6.45) is 0. The van der Waals surface area contributed by atoms with E-state index in [9.17, 15) is 9.59 Å². The molecule has 0 aliphatic carbocycles. The topological polar surface area (TPSA) is 70.2 Å². The third-order valence-corrected chi connectivity index (χ3v) is 3.31. The number of carbonyl (C=O) groups excluding carboxylic acids is 2. The van der Waals surface area contributed by atoms with E-state index in [1.807, 2.05) is 49.4 Å². The third kappa shape index (κ3) is 5.47. The van der Waals surface area contributed by atoms with Gasteiger partial charge in [0.2, 0.25) is 11.8 Å². The first-order chi connectivity index (χ1) is 11.0. The van der Waals surface area contributed by atoms with Gasteiger partial charge in [0.25, 0.3) is 0 Å². The van der Waals surface area contributed by atoms with Crippen molar-refractivity contribution in [3.63, 3.8) is 0 Å². The molecule has 0 aliphatic rings. The van der Waals surface area contributed by atoms with Gasteiger partial charge in [-0.25, -0.2) is 0 Å². The van der Waals surface area contributed by atoms with Crippen LogP contribution in [-0.4, -0.2) is 18.4 Å². The number of carbonyl (C=O) groups is 2. The molecule has 2 amide bonds. The molecule has 0 bridgehead atoms. The second kappa shape index (κ2) is 7.98. The van der Waals surface area contributed by atoms with Crippen molar-refractivity contribution in [1.82, 2.24) is 5.32 Å². The van der Waals surface area contributed by atoms with Crippen LogP contribution in [0, 0.1) is 0 Å². The highest BCUT2D eigenvalue weighted by molar-refractivity contribution is 5.89. The largest absolute Gasteiger partial charge is 0.376 e. The Hall–Kier alpha value is -2.82. The van der Waals surface area contributed by atoms with Crippen LogP contribution in [0.2, 0.25) is 0 Å². The van der Waals surface area contributed by atoms with E-state index in [0.29, 0.717) is 5.69 Å². The van der Waals surface area contributed by atoms with Crippen molar-refractivity contribution in [2.45, 2.75) is 19.9 Å². The summed E-state index contributed by atoms with van der Waals surface area (Å²) < 4.78 is 0. The minimum atomic E-state index is -0.128. The molecule has 0 heterocycles. The van der Waals surface area contributed by atoms with Crippen LogP contribution in [0.25, 0.3) is 0 Å². The van der Waals surface area contributed by atoms with Crippen LogP contribution in [0.3, 0.4) is 0 Å². The Balaban J connectivity index is 1.86. The molecule has 0 saturated heterocycles. The smallest absolute Gasteiger partial charge is 0.239 e. The van der Waals surface area contributed by atoms with Gasteiger partial charge in [-0.3, -0.25) is 9.59 Å². The van der Waals surface area contributed by atoms with Crippen LogP contribution in [0.1, 0.15) is 25.5 Å². The lowest BCUT2D eigenvalue weighted by atomic mass is 10.1. The maximum absolute atomic E-state index is 12.0. The van der Waals surface area contributed by atoms with E-state index in [0.717, 1.165) is 11.3 Å². The van der Waals surface area contributed by atoms with Crippen LogP contribution in [0.15, 0.2) is 54.6 Å². The molecule has 0 spiro atoms. The lowest BCUT2D eigenvalue weighted by molar-refractivity contribution is -0.120. The van der Waals surface area contributed by atoms with Gasteiger partial charge in [-0.15, -0.1) is 0 Å². The highest BCUT2D eigenvalue weighted by atomic mass is 16.2. The van der Waals surface area contributed by atoms with Crippen LogP contribution in [0.4, 0.5) is 11.4 Å². The van der Waals surface area contributed by atoms with E-state index in [1.165, 1.54) is 6.92 Å². The standard InChI is InChI=1S/C18H21N3O2/c1-13(15-7-4-3-5-8-15)20-18(23)12-19-16-9-6-10-17(11-16)21-14(2)22/h3-11,13,19H,12H2,1-2H3,(H,20,23)(H,21,22). The normalized spacial score (nSPS) is 11.4. The zero-order valence-corrected chi connectivity index (χ0v) is 13.3. The second-order valence-electron chi connectivity index (χ2n) is 5.32. The van der Waals surface area contributed by atoms with Crippen molar-refractivity contribution in [3.8, 4) is 0 Å². The summed E-state index contributed by atoms with van der Waals surface area (Å²) >= 11 is 0. The maximum Gasteiger partial charge on any atom is 0.239 e. The lowest BCUT2D eigenvalue weighted by Gasteiger charge is -2.15. The molecule has 0 radical (unpaired) electrons. The Morgan fingerprint density at radius 1 is 1.00 bits per heavy atom. The highest BCUT2D eigenvalue weighted by Crippen LogP contribution is 2.15. The van der Waals surface area contributed by atoms with Gasteiger partial charge in [0.05, 0.1) is 12.6 Å². The van der Waals surface area contributed by atoms with Crippen molar-refractivity contribution in [2.24, 2.45) is 0 Å². The molecule has 1 unspecified atom stereocenters. The van der Waals surface area contributed by atoms with E-state index >= 15 is 0 Å². The average Bonchev–Trinajstić information content (AvgIpc) is 2.53. The van der Waals surface area contributed by atoms with Crippen molar-refractivity contribution in [2.75, 3.05) is 17.2 Å². The van der Waals surface area contributed by atoms with Gasteiger partial charge < -0.3 is 16.0 Å². The van der Waals surface area contributed by atoms with E-state index in [1.54, 1.807) is 12.1 Å². The molecule has 0 aromatic heterocycles. The summed E-state index contributed by atoms with van der Waals surface area (Å²) in [5, 5.41) is 8.70. The SMILES string of the molecule is CC(=O)Nc1cccc(NCC(=O)NC(C)c2ccccc2)c1. The molecule has 0 aliphatic heterocycles. The van der Waals surface area contributed by atoms with Crippen LogP contribution in [-0.2, 0) is 9.59 Å². The Bertz CT molecular complexity index is 671. The highest BCUT2D eigenvalue weighted by Gasteiger charge is 2.08. The van der Waals surface area contributed by atoms with Gasteiger partial charge in [-0.1, -0.05) is 36.4 Å². The fourth-order valence-corrected chi connectivity index (χ4v) is 2.21. The summed E-state index contributed by atoms with van der Waals surface area (Å²) in [6, 6.07) is 17.0. The zero-order chi connectivity index (χ0) is 16.7. The van der Waals surface area contributed by atoms with Gasteiger partial charge in [-0.05, 0) is 30.7 Å². The summed E-state index contributed by atoms with van der Waals surface area (Å²) in [5.41, 5.74) is 2.54. The number of benzene rings is 2. The molecule has 2 rings (SSSR count). The Kier molecular flexibility index (Phi) is 5.74. The van der Waals surface area contributed by atoms with Crippen molar-refractivity contribution >= 4 is 23.2 Å². The van der Waals surface area contributed by atoms with Crippen LogP contribution in [0.5, 0.6) is 0 Å². The molecular formula is C18H21N3O2. The van der Waals surface area contributed by atoms with E-state index in [4.69, 9.17) is 0 Å². The number of rotatable bonds is 6. The summed E-state index contributed by atoms with van der Waals surface area (Å²) in [7, 11) is 0. The zero-order valence-electron chi connectivity index (χ0n) is 13.3. The van der Waals surface area contributed by atoms with E-state index in [-0.39, 0.29) is 24.4 Å². The molecular weight excluding hydrogens is 290 g/mol. The fourth-order valence-electron chi connectivity index (χ4n) is 2.21. The summed E-state index contributed by atoms with van der Waals surface area (Å²) in [4.78, 5) is 23.1. The predicted octanol–water partition coefficient (Wildman–Crippen LogP) is 2.93. The molecule has 5 nitrogen and oxygen atoms in total. The first-order valence-corrected chi connectivity index (χ1v) is 7.50.